The topological polar surface area (TPSA) is 72.7 Å². The molecular weight excluding hydrogens is 406 g/mol. The van der Waals surface area contributed by atoms with Crippen LogP contribution in [0.2, 0.25) is 5.02 Å². The van der Waals surface area contributed by atoms with Crippen molar-refractivity contribution >= 4 is 35.0 Å². The van der Waals surface area contributed by atoms with Gasteiger partial charge in [-0.1, -0.05) is 47.6 Å². The van der Waals surface area contributed by atoms with Gasteiger partial charge in [0.1, 0.15) is 5.69 Å². The molecule has 0 saturated heterocycles. The Morgan fingerprint density at radius 1 is 0.966 bits per heavy atom. The van der Waals surface area contributed by atoms with E-state index < -0.39 is 0 Å². The Hall–Kier alpha value is -3.16. The molecule has 0 spiro atoms. The molecule has 0 radical (unpaired) electrons. The highest BCUT2D eigenvalue weighted by Gasteiger charge is 2.18. The van der Waals surface area contributed by atoms with Gasteiger partial charge in [-0.3, -0.25) is 14.3 Å². The molecule has 1 N–H and O–H groups in total. The summed E-state index contributed by atoms with van der Waals surface area (Å²) in [4.78, 5) is 16.7. The van der Waals surface area contributed by atoms with Crippen LogP contribution in [-0.4, -0.2) is 31.4 Å². The lowest BCUT2D eigenvalue weighted by molar-refractivity contribution is -0.113. The van der Waals surface area contributed by atoms with Gasteiger partial charge in [-0.2, -0.15) is 0 Å². The van der Waals surface area contributed by atoms with Crippen molar-refractivity contribution in [2.24, 2.45) is 0 Å². The van der Waals surface area contributed by atoms with Crippen LogP contribution in [0, 0.1) is 0 Å². The summed E-state index contributed by atoms with van der Waals surface area (Å²) >= 11 is 7.34. The smallest absolute Gasteiger partial charge is 0.234 e. The molecule has 2 heterocycles. The molecule has 1 amide bonds. The standard InChI is InChI=1S/C21H16ClN5OS/c22-15-9-11-17(12-10-15)27-20(18-8-4-5-13-23-18)25-26-21(27)29-14-19(28)24-16-6-2-1-3-7-16/h1-13H,14H2,(H,24,28). The number of anilines is 1. The van der Waals surface area contributed by atoms with Crippen LogP contribution < -0.4 is 5.32 Å². The molecule has 0 aliphatic rings. The largest absolute Gasteiger partial charge is 0.325 e. The van der Waals surface area contributed by atoms with Crippen LogP contribution in [0.5, 0.6) is 0 Å². The van der Waals surface area contributed by atoms with Crippen molar-refractivity contribution in [1.29, 1.82) is 0 Å². The number of aromatic nitrogens is 4. The highest BCUT2D eigenvalue weighted by Crippen LogP contribution is 2.27. The van der Waals surface area contributed by atoms with Crippen LogP contribution in [0.25, 0.3) is 17.2 Å². The van der Waals surface area contributed by atoms with Crippen LogP contribution in [0.1, 0.15) is 0 Å². The molecule has 144 valence electrons. The summed E-state index contributed by atoms with van der Waals surface area (Å²) < 4.78 is 1.87. The Balaban J connectivity index is 1.60. The van der Waals surface area contributed by atoms with Gasteiger partial charge in [-0.25, -0.2) is 0 Å². The van der Waals surface area contributed by atoms with Crippen molar-refractivity contribution in [1.82, 2.24) is 19.7 Å². The lowest BCUT2D eigenvalue weighted by Gasteiger charge is -2.10. The number of nitrogens with zero attached hydrogens (tertiary/aromatic N) is 4. The predicted octanol–water partition coefficient (Wildman–Crippen LogP) is 4.71. The number of hydrogen-bond acceptors (Lipinski definition) is 5. The van der Waals surface area contributed by atoms with Crippen molar-refractivity contribution in [3.8, 4) is 17.2 Å². The van der Waals surface area contributed by atoms with E-state index in [-0.39, 0.29) is 11.7 Å². The van der Waals surface area contributed by atoms with E-state index in [1.54, 1.807) is 18.3 Å². The number of carbonyl (C=O) groups is 1. The van der Waals surface area contributed by atoms with E-state index in [0.29, 0.717) is 21.7 Å². The maximum Gasteiger partial charge on any atom is 0.234 e. The third-order valence-electron chi connectivity index (χ3n) is 4.00. The molecule has 8 heteroatoms. The molecule has 0 saturated carbocycles. The van der Waals surface area contributed by atoms with Crippen molar-refractivity contribution < 1.29 is 4.79 Å². The molecule has 2 aromatic heterocycles. The van der Waals surface area contributed by atoms with Gasteiger partial charge in [0, 0.05) is 22.6 Å². The van der Waals surface area contributed by atoms with Gasteiger partial charge in [-0.05, 0) is 48.5 Å². The third kappa shape index (κ3) is 4.64. The number of pyridine rings is 1. The van der Waals surface area contributed by atoms with Crippen LogP contribution in [0.4, 0.5) is 5.69 Å². The summed E-state index contributed by atoms with van der Waals surface area (Å²) in [6.07, 6.45) is 1.70. The average molecular weight is 422 g/mol. The second-order valence-electron chi connectivity index (χ2n) is 6.04. The number of rotatable bonds is 6. The molecule has 0 fully saturated rings. The van der Waals surface area contributed by atoms with E-state index in [0.717, 1.165) is 11.4 Å². The van der Waals surface area contributed by atoms with Crippen LogP contribution in [-0.2, 0) is 4.79 Å². The third-order valence-corrected chi connectivity index (χ3v) is 5.18. The predicted molar refractivity (Wildman–Crippen MR) is 115 cm³/mol. The quantitative estimate of drug-likeness (QED) is 0.456. The fourth-order valence-corrected chi connectivity index (χ4v) is 3.57. The molecule has 29 heavy (non-hydrogen) atoms. The van der Waals surface area contributed by atoms with Crippen LogP contribution in [0.15, 0.2) is 84.1 Å². The van der Waals surface area contributed by atoms with Gasteiger partial charge in [0.2, 0.25) is 5.91 Å². The normalized spacial score (nSPS) is 10.7. The molecule has 4 aromatic rings. The van der Waals surface area contributed by atoms with E-state index >= 15 is 0 Å². The minimum atomic E-state index is -0.119. The Morgan fingerprint density at radius 2 is 1.72 bits per heavy atom. The molecule has 0 atom stereocenters. The number of thioether (sulfide) groups is 1. The minimum absolute atomic E-state index is 0.119. The first-order valence-corrected chi connectivity index (χ1v) is 10.2. The number of benzene rings is 2. The average Bonchev–Trinajstić information content (AvgIpc) is 3.18. The zero-order valence-electron chi connectivity index (χ0n) is 15.2. The zero-order chi connectivity index (χ0) is 20.1. The lowest BCUT2D eigenvalue weighted by atomic mass is 10.3. The number of hydrogen-bond donors (Lipinski definition) is 1. The summed E-state index contributed by atoms with van der Waals surface area (Å²) in [5.41, 5.74) is 2.29. The van der Waals surface area contributed by atoms with Gasteiger partial charge < -0.3 is 5.32 Å². The molecule has 0 unspecified atom stereocenters. The molecule has 6 nitrogen and oxygen atoms in total. The number of amides is 1. The summed E-state index contributed by atoms with van der Waals surface area (Å²) in [7, 11) is 0. The number of carbonyl (C=O) groups excluding carboxylic acids is 1. The van der Waals surface area contributed by atoms with Gasteiger partial charge >= 0.3 is 0 Å². The second kappa shape index (κ2) is 8.89. The Morgan fingerprint density at radius 3 is 2.45 bits per heavy atom. The monoisotopic (exact) mass is 421 g/mol. The summed E-state index contributed by atoms with van der Waals surface area (Å²) in [6.45, 7) is 0. The van der Waals surface area contributed by atoms with E-state index in [9.17, 15) is 4.79 Å². The molecule has 0 bridgehead atoms. The highest BCUT2D eigenvalue weighted by atomic mass is 35.5. The molecule has 4 rings (SSSR count). The zero-order valence-corrected chi connectivity index (χ0v) is 16.8. The second-order valence-corrected chi connectivity index (χ2v) is 7.41. The minimum Gasteiger partial charge on any atom is -0.325 e. The van der Waals surface area contributed by atoms with Gasteiger partial charge in [0.15, 0.2) is 11.0 Å². The lowest BCUT2D eigenvalue weighted by Crippen LogP contribution is -2.14. The number of para-hydroxylation sites is 1. The van der Waals surface area contributed by atoms with Crippen molar-refractivity contribution in [3.63, 3.8) is 0 Å². The fraction of sp³-hybridized carbons (Fsp3) is 0.0476. The Labute approximate surface area is 177 Å². The summed E-state index contributed by atoms with van der Waals surface area (Å²) in [6, 6.07) is 22.3. The molecule has 2 aromatic carbocycles. The van der Waals surface area contributed by atoms with E-state index in [2.05, 4.69) is 20.5 Å². The van der Waals surface area contributed by atoms with Crippen LogP contribution >= 0.6 is 23.4 Å². The number of nitrogens with one attached hydrogen (secondary N) is 1. The van der Waals surface area contributed by atoms with Gasteiger partial charge in [0.25, 0.3) is 0 Å². The first-order chi connectivity index (χ1) is 14.2. The van der Waals surface area contributed by atoms with Crippen molar-refractivity contribution in [3.05, 3.63) is 84.0 Å². The van der Waals surface area contributed by atoms with Crippen LogP contribution in [0.3, 0.4) is 0 Å². The SMILES string of the molecule is O=C(CSc1nnc(-c2ccccn2)n1-c1ccc(Cl)cc1)Nc1ccccc1. The van der Waals surface area contributed by atoms with Crippen molar-refractivity contribution in [2.75, 3.05) is 11.1 Å². The first kappa shape index (κ1) is 19.2. The maximum absolute atomic E-state index is 12.3. The van der Waals surface area contributed by atoms with Crippen molar-refractivity contribution in [2.45, 2.75) is 5.16 Å². The maximum atomic E-state index is 12.3. The first-order valence-electron chi connectivity index (χ1n) is 8.81. The van der Waals surface area contributed by atoms with E-state index in [4.69, 9.17) is 11.6 Å². The van der Waals surface area contributed by atoms with Gasteiger partial charge in [-0.15, -0.1) is 10.2 Å². The number of halogens is 1. The molecule has 0 aliphatic heterocycles. The van der Waals surface area contributed by atoms with Gasteiger partial charge in [0.05, 0.1) is 5.75 Å². The Kier molecular flexibility index (Phi) is 5.88. The summed E-state index contributed by atoms with van der Waals surface area (Å²) in [5, 5.41) is 12.7. The molecular formula is C21H16ClN5OS. The Bertz CT molecular complexity index is 1100. The highest BCUT2D eigenvalue weighted by molar-refractivity contribution is 7.99. The molecule has 0 aliphatic carbocycles. The van der Waals surface area contributed by atoms with E-state index in [1.165, 1.54) is 11.8 Å². The van der Waals surface area contributed by atoms with E-state index in [1.807, 2.05) is 65.2 Å². The fourth-order valence-electron chi connectivity index (χ4n) is 2.70. The summed E-state index contributed by atoms with van der Waals surface area (Å²) in [5.74, 6) is 0.674.